The van der Waals surface area contributed by atoms with Crippen LogP contribution >= 0.6 is 0 Å². The molecule has 0 aliphatic heterocycles. The number of anilines is 1. The minimum atomic E-state index is 0.510. The average Bonchev–Trinajstić information content (AvgIpc) is 3.35. The van der Waals surface area contributed by atoms with Crippen LogP contribution in [-0.2, 0) is 0 Å². The Morgan fingerprint density at radius 3 is 2.50 bits per heavy atom. The van der Waals surface area contributed by atoms with Gasteiger partial charge in [0, 0.05) is 30.9 Å². The van der Waals surface area contributed by atoms with Gasteiger partial charge in [-0.15, -0.1) is 0 Å². The summed E-state index contributed by atoms with van der Waals surface area (Å²) in [5.41, 5.74) is 3.86. The lowest BCUT2D eigenvalue weighted by molar-refractivity contribution is 0.502. The maximum absolute atomic E-state index is 4.75. The van der Waals surface area contributed by atoms with E-state index in [0.29, 0.717) is 12.0 Å². The summed E-state index contributed by atoms with van der Waals surface area (Å²) in [7, 11) is 0. The quantitative estimate of drug-likeness (QED) is 0.532. The lowest BCUT2D eigenvalue weighted by Gasteiger charge is -2.13. The van der Waals surface area contributed by atoms with Crippen molar-refractivity contribution in [3.8, 4) is 0 Å². The van der Waals surface area contributed by atoms with Crippen LogP contribution in [0.25, 0.3) is 11.2 Å². The predicted molar refractivity (Wildman–Crippen MR) is 130 cm³/mol. The number of aliphatic imine (C=N–C) groups is 1. The van der Waals surface area contributed by atoms with Crippen LogP contribution in [0.1, 0.15) is 92.3 Å². The molecule has 1 aliphatic rings. The number of aryl methyl sites for hydroxylation is 1. The van der Waals surface area contributed by atoms with E-state index in [0.717, 1.165) is 41.4 Å². The summed E-state index contributed by atoms with van der Waals surface area (Å²) in [5.74, 6) is 1.45. The smallest absolute Gasteiger partial charge is 0.225 e. The fourth-order valence-corrected chi connectivity index (χ4v) is 3.59. The molecule has 2 aromatic heterocycles. The van der Waals surface area contributed by atoms with Gasteiger partial charge in [-0.25, -0.2) is 9.97 Å². The van der Waals surface area contributed by atoms with Gasteiger partial charge in [-0.05, 0) is 46.0 Å². The molecule has 1 aliphatic carbocycles. The van der Waals surface area contributed by atoms with E-state index >= 15 is 0 Å². The minimum absolute atomic E-state index is 0.510. The van der Waals surface area contributed by atoms with Crippen LogP contribution in [0.5, 0.6) is 0 Å². The SMILES string of the molecule is CC.CC=N/C(=C\C)CCNc1nc(C)c2ncn(C3CCC(C)C3)c2n1.CCC. The maximum Gasteiger partial charge on any atom is 0.225 e. The number of fused-ring (bicyclic) bond motifs is 1. The molecule has 2 aromatic rings. The molecule has 0 bridgehead atoms. The Morgan fingerprint density at radius 2 is 1.93 bits per heavy atom. The summed E-state index contributed by atoms with van der Waals surface area (Å²) in [4.78, 5) is 18.2. The first kappa shape index (κ1) is 25.8. The zero-order valence-corrected chi connectivity index (χ0v) is 20.4. The number of nitrogens with one attached hydrogen (secondary N) is 1. The second kappa shape index (κ2) is 13.9. The van der Waals surface area contributed by atoms with Gasteiger partial charge < -0.3 is 9.88 Å². The highest BCUT2D eigenvalue weighted by molar-refractivity contribution is 5.74. The van der Waals surface area contributed by atoms with Gasteiger partial charge in [-0.3, -0.25) is 4.99 Å². The second-order valence-corrected chi connectivity index (χ2v) is 7.58. The summed E-state index contributed by atoms with van der Waals surface area (Å²) in [6.07, 6.45) is 11.6. The van der Waals surface area contributed by atoms with Gasteiger partial charge in [0.05, 0.1) is 12.0 Å². The summed E-state index contributed by atoms with van der Waals surface area (Å²) in [6, 6.07) is 0.510. The lowest BCUT2D eigenvalue weighted by Crippen LogP contribution is -2.09. The predicted octanol–water partition coefficient (Wildman–Crippen LogP) is 6.73. The number of nitrogens with zero attached hydrogens (tertiary/aromatic N) is 5. The molecule has 1 fully saturated rings. The second-order valence-electron chi connectivity index (χ2n) is 7.58. The molecule has 0 amide bonds. The fourth-order valence-electron chi connectivity index (χ4n) is 3.59. The third-order valence-electron chi connectivity index (χ3n) is 4.95. The van der Waals surface area contributed by atoms with Crippen molar-refractivity contribution in [2.45, 2.75) is 93.5 Å². The molecule has 2 heterocycles. The van der Waals surface area contributed by atoms with Crippen LogP contribution in [0.2, 0.25) is 0 Å². The number of hydrogen-bond acceptors (Lipinski definition) is 5. The van der Waals surface area contributed by atoms with Gasteiger partial charge in [0.15, 0.2) is 5.65 Å². The van der Waals surface area contributed by atoms with E-state index in [2.05, 4.69) is 45.6 Å². The van der Waals surface area contributed by atoms with Gasteiger partial charge in [0.2, 0.25) is 5.95 Å². The zero-order chi connectivity index (χ0) is 22.5. The van der Waals surface area contributed by atoms with Crippen molar-refractivity contribution in [2.24, 2.45) is 10.9 Å². The third-order valence-corrected chi connectivity index (χ3v) is 4.95. The molecule has 2 unspecified atom stereocenters. The molecule has 1 N–H and O–H groups in total. The summed E-state index contributed by atoms with van der Waals surface area (Å²) in [6.45, 7) is 17.3. The zero-order valence-electron chi connectivity index (χ0n) is 20.4. The molecule has 3 rings (SSSR count). The van der Waals surface area contributed by atoms with Crippen molar-refractivity contribution in [3.63, 3.8) is 0 Å². The number of aromatic nitrogens is 4. The Balaban J connectivity index is 0.000000826. The largest absolute Gasteiger partial charge is 0.354 e. The number of imidazole rings is 1. The van der Waals surface area contributed by atoms with Gasteiger partial charge in [-0.2, -0.15) is 4.98 Å². The molecule has 0 saturated heterocycles. The van der Waals surface area contributed by atoms with E-state index in [4.69, 9.17) is 4.98 Å². The first-order valence-corrected chi connectivity index (χ1v) is 11.6. The van der Waals surface area contributed by atoms with Crippen molar-refractivity contribution in [2.75, 3.05) is 11.9 Å². The topological polar surface area (TPSA) is 68.0 Å². The van der Waals surface area contributed by atoms with Crippen LogP contribution in [-0.4, -0.2) is 32.3 Å². The van der Waals surface area contributed by atoms with E-state index in [1.807, 2.05) is 53.2 Å². The van der Waals surface area contributed by atoms with Gasteiger partial charge in [0.25, 0.3) is 0 Å². The molecular formula is C24H42N6. The Hall–Kier alpha value is -2.24. The van der Waals surface area contributed by atoms with Crippen molar-refractivity contribution >= 4 is 23.3 Å². The first-order valence-electron chi connectivity index (χ1n) is 11.6. The number of allylic oxidation sites excluding steroid dienone is 1. The molecule has 0 spiro atoms. The monoisotopic (exact) mass is 414 g/mol. The third kappa shape index (κ3) is 7.22. The van der Waals surface area contributed by atoms with E-state index in [1.54, 1.807) is 0 Å². The fraction of sp³-hybridized carbons (Fsp3) is 0.667. The molecule has 6 heteroatoms. The van der Waals surface area contributed by atoms with E-state index in [9.17, 15) is 0 Å². The van der Waals surface area contributed by atoms with E-state index in [1.165, 1.54) is 25.7 Å². The van der Waals surface area contributed by atoms with Gasteiger partial charge in [0.1, 0.15) is 5.52 Å². The Bertz CT molecular complexity index is 805. The lowest BCUT2D eigenvalue weighted by atomic mass is 10.1. The Morgan fingerprint density at radius 1 is 1.23 bits per heavy atom. The Labute approximate surface area is 183 Å². The van der Waals surface area contributed by atoms with Crippen LogP contribution in [0, 0.1) is 12.8 Å². The molecule has 0 radical (unpaired) electrons. The highest BCUT2D eigenvalue weighted by Crippen LogP contribution is 2.35. The van der Waals surface area contributed by atoms with Gasteiger partial charge in [-0.1, -0.05) is 47.1 Å². The summed E-state index contributed by atoms with van der Waals surface area (Å²) < 4.78 is 2.25. The first-order chi connectivity index (χ1) is 14.5. The van der Waals surface area contributed by atoms with Crippen molar-refractivity contribution < 1.29 is 0 Å². The van der Waals surface area contributed by atoms with Crippen LogP contribution in [0.3, 0.4) is 0 Å². The van der Waals surface area contributed by atoms with Crippen molar-refractivity contribution in [1.82, 2.24) is 19.5 Å². The average molecular weight is 415 g/mol. The highest BCUT2D eigenvalue weighted by atomic mass is 15.2. The molecule has 2 atom stereocenters. The standard InChI is InChI=1S/C19H28N6.C3H8.C2H6/c1-5-15(20-6-2)9-10-21-19-23-14(4)17-18(24-19)25(12-22-17)16-8-7-13(3)11-16;1-3-2;1-2/h5-6,12-13,16H,7-11H2,1-4H3,(H,21,23,24);3H2,1-2H3;1-2H3/b15-5-,20-6?;;. The minimum Gasteiger partial charge on any atom is -0.354 e. The van der Waals surface area contributed by atoms with Crippen LogP contribution in [0.4, 0.5) is 5.95 Å². The number of hydrogen-bond donors (Lipinski definition) is 1. The molecule has 1 saturated carbocycles. The molecular weight excluding hydrogens is 372 g/mol. The summed E-state index contributed by atoms with van der Waals surface area (Å²) >= 11 is 0. The van der Waals surface area contributed by atoms with E-state index in [-0.39, 0.29) is 0 Å². The molecule has 168 valence electrons. The van der Waals surface area contributed by atoms with E-state index < -0.39 is 0 Å². The number of rotatable bonds is 6. The molecule has 30 heavy (non-hydrogen) atoms. The summed E-state index contributed by atoms with van der Waals surface area (Å²) in [5, 5.41) is 3.34. The van der Waals surface area contributed by atoms with Crippen LogP contribution < -0.4 is 5.32 Å². The maximum atomic E-state index is 4.75. The Kier molecular flexibility index (Phi) is 11.9. The van der Waals surface area contributed by atoms with Gasteiger partial charge >= 0.3 is 0 Å². The molecule has 6 nitrogen and oxygen atoms in total. The molecule has 0 aromatic carbocycles. The van der Waals surface area contributed by atoms with Crippen molar-refractivity contribution in [1.29, 1.82) is 0 Å². The highest BCUT2D eigenvalue weighted by Gasteiger charge is 2.25. The van der Waals surface area contributed by atoms with Crippen molar-refractivity contribution in [3.05, 3.63) is 23.8 Å². The van der Waals surface area contributed by atoms with Crippen LogP contribution in [0.15, 0.2) is 23.1 Å². The normalized spacial score (nSPS) is 18.7.